The Balaban J connectivity index is 2.28. The van der Waals surface area contributed by atoms with Crippen LogP contribution in [0, 0.1) is 11.6 Å². The predicted octanol–water partition coefficient (Wildman–Crippen LogP) is 3.45. The van der Waals surface area contributed by atoms with E-state index in [0.717, 1.165) is 12.1 Å². The van der Waals surface area contributed by atoms with E-state index in [1.165, 1.54) is 12.1 Å². The second-order valence-electron chi connectivity index (χ2n) is 3.81. The second-order valence-corrected chi connectivity index (χ2v) is 4.25. The number of amides is 1. The van der Waals surface area contributed by atoms with Crippen molar-refractivity contribution in [2.24, 2.45) is 0 Å². The maximum absolute atomic E-state index is 13.4. The number of anilines is 2. The molecular formula is C13H9ClF2N2O. The summed E-state index contributed by atoms with van der Waals surface area (Å²) in [6.07, 6.45) is 0. The summed E-state index contributed by atoms with van der Waals surface area (Å²) in [6, 6.07) is 7.20. The van der Waals surface area contributed by atoms with Gasteiger partial charge in [-0.1, -0.05) is 11.6 Å². The van der Waals surface area contributed by atoms with Crippen molar-refractivity contribution in [2.45, 2.75) is 0 Å². The van der Waals surface area contributed by atoms with Gasteiger partial charge in [0.25, 0.3) is 5.91 Å². The number of benzene rings is 2. The fraction of sp³-hybridized carbons (Fsp3) is 0. The lowest BCUT2D eigenvalue weighted by atomic mass is 10.2. The van der Waals surface area contributed by atoms with Crippen LogP contribution >= 0.6 is 11.6 Å². The summed E-state index contributed by atoms with van der Waals surface area (Å²) < 4.78 is 26.2. The average molecular weight is 283 g/mol. The van der Waals surface area contributed by atoms with Crippen LogP contribution in [0.25, 0.3) is 0 Å². The molecule has 0 spiro atoms. The molecular weight excluding hydrogens is 274 g/mol. The van der Waals surface area contributed by atoms with Crippen molar-refractivity contribution in [3.8, 4) is 0 Å². The predicted molar refractivity (Wildman–Crippen MR) is 70.2 cm³/mol. The number of nitrogens with two attached hydrogens (primary N) is 1. The van der Waals surface area contributed by atoms with Crippen molar-refractivity contribution in [1.82, 2.24) is 0 Å². The van der Waals surface area contributed by atoms with E-state index in [2.05, 4.69) is 5.32 Å². The molecule has 0 heterocycles. The van der Waals surface area contributed by atoms with Crippen LogP contribution in [-0.4, -0.2) is 5.91 Å². The van der Waals surface area contributed by atoms with Crippen LogP contribution in [0.3, 0.4) is 0 Å². The zero-order chi connectivity index (χ0) is 14.0. The quantitative estimate of drug-likeness (QED) is 0.829. The van der Waals surface area contributed by atoms with Crippen LogP contribution in [0.1, 0.15) is 10.4 Å². The highest BCUT2D eigenvalue weighted by Gasteiger charge is 2.13. The lowest BCUT2D eigenvalue weighted by Gasteiger charge is -2.09. The number of hydrogen-bond acceptors (Lipinski definition) is 2. The standard InChI is InChI=1S/C13H9ClF2N2O/c14-7-1-4-11(17)12(5-7)18-13(19)9-3-2-8(15)6-10(9)16/h1-6H,17H2,(H,18,19). The Bertz CT molecular complexity index is 647. The van der Waals surface area contributed by atoms with Crippen molar-refractivity contribution >= 4 is 28.9 Å². The van der Waals surface area contributed by atoms with Crippen molar-refractivity contribution in [3.63, 3.8) is 0 Å². The van der Waals surface area contributed by atoms with Crippen LogP contribution in [0.4, 0.5) is 20.2 Å². The van der Waals surface area contributed by atoms with Crippen molar-refractivity contribution in [3.05, 3.63) is 58.6 Å². The zero-order valence-corrected chi connectivity index (χ0v) is 10.3. The Morgan fingerprint density at radius 3 is 2.58 bits per heavy atom. The van der Waals surface area contributed by atoms with Gasteiger partial charge in [0.05, 0.1) is 16.9 Å². The molecule has 0 aliphatic rings. The van der Waals surface area contributed by atoms with Crippen LogP contribution in [0.2, 0.25) is 5.02 Å². The lowest BCUT2D eigenvalue weighted by molar-refractivity contribution is 0.102. The first-order valence-corrected chi connectivity index (χ1v) is 5.66. The van der Waals surface area contributed by atoms with E-state index in [1.54, 1.807) is 6.07 Å². The third kappa shape index (κ3) is 3.00. The summed E-state index contributed by atoms with van der Waals surface area (Å²) in [5.41, 5.74) is 5.93. The van der Waals surface area contributed by atoms with Gasteiger partial charge in [0.15, 0.2) is 0 Å². The molecule has 2 aromatic rings. The Morgan fingerprint density at radius 1 is 1.16 bits per heavy atom. The van der Waals surface area contributed by atoms with Crippen molar-refractivity contribution in [1.29, 1.82) is 0 Å². The highest BCUT2D eigenvalue weighted by Crippen LogP contribution is 2.23. The maximum Gasteiger partial charge on any atom is 0.258 e. The normalized spacial score (nSPS) is 10.3. The Kier molecular flexibility index (Phi) is 3.66. The number of carbonyl (C=O) groups excluding carboxylic acids is 1. The minimum atomic E-state index is -0.946. The van der Waals surface area contributed by atoms with Gasteiger partial charge in [-0.15, -0.1) is 0 Å². The van der Waals surface area contributed by atoms with E-state index < -0.39 is 17.5 Å². The largest absolute Gasteiger partial charge is 0.397 e. The molecule has 0 bridgehead atoms. The van der Waals surface area contributed by atoms with Gasteiger partial charge in [-0.2, -0.15) is 0 Å². The van der Waals surface area contributed by atoms with Gasteiger partial charge < -0.3 is 11.1 Å². The number of halogens is 3. The van der Waals surface area contributed by atoms with E-state index >= 15 is 0 Å². The van der Waals surface area contributed by atoms with Gasteiger partial charge in [-0.05, 0) is 30.3 Å². The van der Waals surface area contributed by atoms with Crippen molar-refractivity contribution in [2.75, 3.05) is 11.1 Å². The van der Waals surface area contributed by atoms with Crippen LogP contribution in [0.5, 0.6) is 0 Å². The minimum Gasteiger partial charge on any atom is -0.397 e. The van der Waals surface area contributed by atoms with E-state index in [4.69, 9.17) is 17.3 Å². The molecule has 2 aromatic carbocycles. The summed E-state index contributed by atoms with van der Waals surface area (Å²) in [5.74, 6) is -2.43. The third-order valence-corrected chi connectivity index (χ3v) is 2.67. The molecule has 0 aromatic heterocycles. The summed E-state index contributed by atoms with van der Waals surface area (Å²) in [5, 5.41) is 2.80. The fourth-order valence-electron chi connectivity index (χ4n) is 1.50. The Hall–Kier alpha value is -2.14. The molecule has 0 saturated carbocycles. The number of nitrogens with one attached hydrogen (secondary N) is 1. The molecule has 0 aliphatic heterocycles. The first kappa shape index (κ1) is 13.3. The SMILES string of the molecule is Nc1ccc(Cl)cc1NC(=O)c1ccc(F)cc1F. The summed E-state index contributed by atoms with van der Waals surface area (Å²) in [7, 11) is 0. The second kappa shape index (κ2) is 5.24. The molecule has 98 valence electrons. The van der Waals surface area contributed by atoms with E-state index in [9.17, 15) is 13.6 Å². The van der Waals surface area contributed by atoms with Gasteiger partial charge in [-0.25, -0.2) is 8.78 Å². The molecule has 0 unspecified atom stereocenters. The van der Waals surface area contributed by atoms with Gasteiger partial charge in [0.2, 0.25) is 0 Å². The molecule has 3 N–H and O–H groups in total. The van der Waals surface area contributed by atoms with Gasteiger partial charge in [0, 0.05) is 11.1 Å². The molecule has 1 amide bonds. The van der Waals surface area contributed by atoms with E-state index in [1.807, 2.05) is 0 Å². The summed E-state index contributed by atoms with van der Waals surface area (Å²) in [4.78, 5) is 11.8. The topological polar surface area (TPSA) is 55.1 Å². The van der Waals surface area contributed by atoms with Crippen LogP contribution in [0.15, 0.2) is 36.4 Å². The first-order chi connectivity index (χ1) is 8.97. The van der Waals surface area contributed by atoms with E-state index in [0.29, 0.717) is 16.8 Å². The van der Waals surface area contributed by atoms with Gasteiger partial charge in [0.1, 0.15) is 11.6 Å². The molecule has 0 fully saturated rings. The summed E-state index contributed by atoms with van der Waals surface area (Å²) in [6.45, 7) is 0. The first-order valence-electron chi connectivity index (χ1n) is 5.29. The summed E-state index contributed by atoms with van der Waals surface area (Å²) >= 11 is 5.77. The fourth-order valence-corrected chi connectivity index (χ4v) is 1.67. The lowest BCUT2D eigenvalue weighted by Crippen LogP contribution is -2.15. The number of nitrogen functional groups attached to an aromatic ring is 1. The smallest absolute Gasteiger partial charge is 0.258 e. The zero-order valence-electron chi connectivity index (χ0n) is 9.58. The number of carbonyl (C=O) groups is 1. The highest BCUT2D eigenvalue weighted by atomic mass is 35.5. The molecule has 2 rings (SSSR count). The van der Waals surface area contributed by atoms with Gasteiger partial charge in [-0.3, -0.25) is 4.79 Å². The average Bonchev–Trinajstić information content (AvgIpc) is 2.33. The number of rotatable bonds is 2. The molecule has 3 nitrogen and oxygen atoms in total. The van der Waals surface area contributed by atoms with Crippen LogP contribution < -0.4 is 11.1 Å². The molecule has 0 saturated heterocycles. The third-order valence-electron chi connectivity index (χ3n) is 2.44. The Morgan fingerprint density at radius 2 is 1.89 bits per heavy atom. The molecule has 0 aliphatic carbocycles. The minimum absolute atomic E-state index is 0.265. The van der Waals surface area contributed by atoms with E-state index in [-0.39, 0.29) is 11.3 Å². The Labute approximate surface area is 113 Å². The highest BCUT2D eigenvalue weighted by molar-refractivity contribution is 6.31. The molecule has 0 radical (unpaired) electrons. The van der Waals surface area contributed by atoms with Crippen molar-refractivity contribution < 1.29 is 13.6 Å². The maximum atomic E-state index is 13.4. The van der Waals surface area contributed by atoms with Crippen LogP contribution in [-0.2, 0) is 0 Å². The molecule has 0 atom stereocenters. The van der Waals surface area contributed by atoms with Gasteiger partial charge >= 0.3 is 0 Å². The molecule has 19 heavy (non-hydrogen) atoms. The monoisotopic (exact) mass is 282 g/mol. The molecule has 6 heteroatoms. The number of hydrogen-bond donors (Lipinski definition) is 2.